The average molecular weight is 424 g/mol. The van der Waals surface area contributed by atoms with Gasteiger partial charge < -0.3 is 15.5 Å². The van der Waals surface area contributed by atoms with E-state index in [1.807, 2.05) is 38.4 Å². The minimum absolute atomic E-state index is 0.426. The van der Waals surface area contributed by atoms with Gasteiger partial charge in [0.25, 0.3) is 0 Å². The molecule has 0 bridgehead atoms. The highest BCUT2D eigenvalue weighted by molar-refractivity contribution is 6.30. The van der Waals surface area contributed by atoms with Crippen molar-refractivity contribution >= 4 is 34.3 Å². The fourth-order valence-electron chi connectivity index (χ4n) is 4.16. The van der Waals surface area contributed by atoms with E-state index in [9.17, 15) is 0 Å². The Morgan fingerprint density at radius 2 is 1.63 bits per heavy atom. The summed E-state index contributed by atoms with van der Waals surface area (Å²) in [5.74, 6) is 1.69. The highest BCUT2D eigenvalue weighted by Crippen LogP contribution is 2.26. The monoisotopic (exact) mass is 423 g/mol. The molecule has 5 nitrogen and oxygen atoms in total. The number of aromatic nitrogens is 2. The summed E-state index contributed by atoms with van der Waals surface area (Å²) >= 11 is 5.96. The molecule has 0 spiro atoms. The van der Waals surface area contributed by atoms with Crippen LogP contribution >= 0.6 is 11.6 Å². The van der Waals surface area contributed by atoms with E-state index in [0.29, 0.717) is 12.1 Å². The van der Waals surface area contributed by atoms with E-state index in [1.54, 1.807) is 0 Å². The molecule has 0 atom stereocenters. The molecule has 158 valence electrons. The van der Waals surface area contributed by atoms with Gasteiger partial charge in [0.15, 0.2) is 0 Å². The van der Waals surface area contributed by atoms with Crippen molar-refractivity contribution in [1.29, 1.82) is 0 Å². The fraction of sp³-hybridized carbons (Fsp3) is 0.417. The number of halogens is 1. The third kappa shape index (κ3) is 5.21. The molecule has 2 aromatic carbocycles. The zero-order chi connectivity index (χ0) is 20.9. The normalized spacial score (nSPS) is 19.0. The zero-order valence-corrected chi connectivity index (χ0v) is 18.5. The lowest BCUT2D eigenvalue weighted by atomic mass is 9.91. The number of benzene rings is 2. The summed E-state index contributed by atoms with van der Waals surface area (Å²) in [4.78, 5) is 11.6. The number of rotatable bonds is 7. The fourth-order valence-corrected chi connectivity index (χ4v) is 4.29. The number of fused-ring (bicyclic) bond motifs is 1. The maximum absolute atomic E-state index is 5.96. The summed E-state index contributed by atoms with van der Waals surface area (Å²) in [6, 6.07) is 17.3. The van der Waals surface area contributed by atoms with Crippen LogP contribution < -0.4 is 15.5 Å². The van der Waals surface area contributed by atoms with E-state index in [4.69, 9.17) is 21.6 Å². The van der Waals surface area contributed by atoms with Gasteiger partial charge in [-0.1, -0.05) is 35.9 Å². The van der Waals surface area contributed by atoms with Crippen molar-refractivity contribution in [2.24, 2.45) is 0 Å². The molecule has 0 unspecified atom stereocenters. The zero-order valence-electron chi connectivity index (χ0n) is 17.7. The third-order valence-corrected chi connectivity index (χ3v) is 6.08. The van der Waals surface area contributed by atoms with Gasteiger partial charge in [-0.25, -0.2) is 4.98 Å². The molecular formula is C24H30ClN5. The maximum Gasteiger partial charge on any atom is 0.225 e. The first-order chi connectivity index (χ1) is 14.6. The van der Waals surface area contributed by atoms with Crippen molar-refractivity contribution in [3.8, 4) is 0 Å². The molecule has 1 saturated carbocycles. The molecule has 0 saturated heterocycles. The molecule has 1 aliphatic carbocycles. The predicted octanol–water partition coefficient (Wildman–Crippen LogP) is 4.90. The molecule has 1 heterocycles. The average Bonchev–Trinajstić information content (AvgIpc) is 2.76. The number of hydrogen-bond donors (Lipinski definition) is 2. The van der Waals surface area contributed by atoms with Crippen molar-refractivity contribution in [1.82, 2.24) is 15.3 Å². The van der Waals surface area contributed by atoms with E-state index in [0.717, 1.165) is 53.5 Å². The van der Waals surface area contributed by atoms with Gasteiger partial charge in [-0.2, -0.15) is 4.98 Å². The lowest BCUT2D eigenvalue weighted by Gasteiger charge is -2.30. The summed E-state index contributed by atoms with van der Waals surface area (Å²) in [6.07, 6.45) is 5.64. The lowest BCUT2D eigenvalue weighted by molar-refractivity contribution is 0.355. The van der Waals surface area contributed by atoms with Crippen LogP contribution in [0.3, 0.4) is 0 Å². The van der Waals surface area contributed by atoms with Gasteiger partial charge in [0.1, 0.15) is 5.82 Å². The van der Waals surface area contributed by atoms with Gasteiger partial charge in [0.05, 0.1) is 5.52 Å². The van der Waals surface area contributed by atoms with Gasteiger partial charge in [-0.3, -0.25) is 0 Å². The maximum atomic E-state index is 5.96. The highest BCUT2D eigenvalue weighted by atomic mass is 35.5. The molecule has 4 rings (SSSR count). The quantitative estimate of drug-likeness (QED) is 0.565. The second-order valence-electron chi connectivity index (χ2n) is 8.31. The molecule has 1 fully saturated rings. The molecule has 0 aliphatic heterocycles. The van der Waals surface area contributed by atoms with E-state index in [-0.39, 0.29) is 0 Å². The highest BCUT2D eigenvalue weighted by Gasteiger charge is 2.22. The summed E-state index contributed by atoms with van der Waals surface area (Å²) < 4.78 is 0. The van der Waals surface area contributed by atoms with Gasteiger partial charge in [-0.15, -0.1) is 0 Å². The third-order valence-electron chi connectivity index (χ3n) is 5.83. The molecule has 6 heteroatoms. The van der Waals surface area contributed by atoms with Gasteiger partial charge in [0, 0.05) is 36.6 Å². The Labute approximate surface area is 183 Å². The molecule has 0 amide bonds. The summed E-state index contributed by atoms with van der Waals surface area (Å²) in [5.41, 5.74) is 2.31. The first-order valence-electron chi connectivity index (χ1n) is 10.8. The van der Waals surface area contributed by atoms with Crippen LogP contribution in [0.5, 0.6) is 0 Å². The topological polar surface area (TPSA) is 53.1 Å². The Morgan fingerprint density at radius 1 is 0.933 bits per heavy atom. The van der Waals surface area contributed by atoms with Crippen LogP contribution in [0.25, 0.3) is 10.9 Å². The summed E-state index contributed by atoms with van der Waals surface area (Å²) in [7, 11) is 4.05. The first kappa shape index (κ1) is 20.9. The van der Waals surface area contributed by atoms with E-state index < -0.39 is 0 Å². The van der Waals surface area contributed by atoms with Crippen molar-refractivity contribution in [2.45, 2.75) is 44.2 Å². The molecule has 3 aromatic rings. The van der Waals surface area contributed by atoms with Crippen LogP contribution in [0.1, 0.15) is 31.2 Å². The molecular weight excluding hydrogens is 394 g/mol. The smallest absolute Gasteiger partial charge is 0.225 e. The summed E-state index contributed by atoms with van der Waals surface area (Å²) in [6.45, 7) is 1.00. The van der Waals surface area contributed by atoms with Crippen LogP contribution in [0.2, 0.25) is 5.02 Å². The van der Waals surface area contributed by atoms with Gasteiger partial charge in [-0.05, 0) is 68.5 Å². The van der Waals surface area contributed by atoms with Gasteiger partial charge in [0.2, 0.25) is 5.95 Å². The number of nitrogens with zero attached hydrogens (tertiary/aromatic N) is 3. The second-order valence-corrected chi connectivity index (χ2v) is 8.74. The first-order valence-corrected chi connectivity index (χ1v) is 11.1. The standard InChI is InChI=1S/C24H30ClN5/c1-30(2)23-21-5-3-4-6-22(21)28-24(29-23)27-20-13-11-19(12-14-20)26-16-15-17-7-9-18(25)10-8-17/h3-10,19-20,26H,11-16H2,1-2H3,(H,27,28,29)/t19-,20+. The van der Waals surface area contributed by atoms with Crippen molar-refractivity contribution in [2.75, 3.05) is 30.9 Å². The number of anilines is 2. The minimum atomic E-state index is 0.426. The Balaban J connectivity index is 1.29. The lowest BCUT2D eigenvalue weighted by Crippen LogP contribution is -2.38. The van der Waals surface area contributed by atoms with Crippen LogP contribution in [-0.4, -0.2) is 42.7 Å². The number of para-hydroxylation sites is 1. The van der Waals surface area contributed by atoms with Crippen LogP contribution in [0.15, 0.2) is 48.5 Å². The Morgan fingerprint density at radius 3 is 2.37 bits per heavy atom. The van der Waals surface area contributed by atoms with E-state index in [1.165, 1.54) is 18.4 Å². The minimum Gasteiger partial charge on any atom is -0.362 e. The van der Waals surface area contributed by atoms with E-state index in [2.05, 4.69) is 39.8 Å². The molecule has 1 aliphatic rings. The Kier molecular flexibility index (Phi) is 6.70. The van der Waals surface area contributed by atoms with Crippen molar-refractivity contribution < 1.29 is 0 Å². The molecule has 2 N–H and O–H groups in total. The Bertz CT molecular complexity index is 965. The largest absolute Gasteiger partial charge is 0.362 e. The van der Waals surface area contributed by atoms with Crippen LogP contribution in [0, 0.1) is 0 Å². The number of hydrogen-bond acceptors (Lipinski definition) is 5. The summed E-state index contributed by atoms with van der Waals surface area (Å²) in [5, 5.41) is 9.19. The molecule has 30 heavy (non-hydrogen) atoms. The van der Waals surface area contributed by atoms with Crippen molar-refractivity contribution in [3.05, 3.63) is 59.1 Å². The van der Waals surface area contributed by atoms with Crippen LogP contribution in [0.4, 0.5) is 11.8 Å². The van der Waals surface area contributed by atoms with Gasteiger partial charge >= 0.3 is 0 Å². The second kappa shape index (κ2) is 9.63. The van der Waals surface area contributed by atoms with Crippen molar-refractivity contribution in [3.63, 3.8) is 0 Å². The van der Waals surface area contributed by atoms with Crippen LogP contribution in [-0.2, 0) is 6.42 Å². The van der Waals surface area contributed by atoms with E-state index >= 15 is 0 Å². The molecule has 0 radical (unpaired) electrons. The predicted molar refractivity (Wildman–Crippen MR) is 127 cm³/mol. The Hall–Kier alpha value is -2.37. The SMILES string of the molecule is CN(C)c1nc(N[C@H]2CC[C@@H](NCCc3ccc(Cl)cc3)CC2)nc2ccccc12. The molecule has 1 aromatic heterocycles. The number of nitrogens with one attached hydrogen (secondary N) is 2.